The molecule has 1 saturated heterocycles. The topological polar surface area (TPSA) is 95.0 Å². The molecule has 6 rings (SSSR count). The number of carbonyl (C=O) groups excluding carboxylic acids is 1. The molecule has 2 aromatic carbocycles. The van der Waals surface area contributed by atoms with E-state index >= 15 is 0 Å². The third kappa shape index (κ3) is 3.75. The molecular formula is C26H21ClN2O6S. The molecule has 1 spiro atoms. The Kier molecular flexibility index (Phi) is 5.51. The quantitative estimate of drug-likeness (QED) is 0.506. The van der Waals surface area contributed by atoms with Crippen LogP contribution in [0.15, 0.2) is 71.8 Å². The lowest BCUT2D eigenvalue weighted by Crippen LogP contribution is -2.50. The van der Waals surface area contributed by atoms with Gasteiger partial charge in [-0.2, -0.15) is 4.31 Å². The summed E-state index contributed by atoms with van der Waals surface area (Å²) in [4.78, 5) is 18.5. The predicted molar refractivity (Wildman–Crippen MR) is 132 cm³/mol. The van der Waals surface area contributed by atoms with Crippen molar-refractivity contribution in [3.05, 3.63) is 83.1 Å². The van der Waals surface area contributed by atoms with Crippen molar-refractivity contribution in [2.75, 3.05) is 19.9 Å². The minimum Gasteiger partial charge on any atom is -0.476 e. The molecule has 3 aliphatic rings. The second kappa shape index (κ2) is 8.62. The smallest absolute Gasteiger partial charge is 0.243 e. The van der Waals surface area contributed by atoms with E-state index in [1.54, 1.807) is 48.7 Å². The molecule has 1 aromatic heterocycles. The molecule has 3 aromatic rings. The fourth-order valence-corrected chi connectivity index (χ4v) is 6.36. The van der Waals surface area contributed by atoms with Crippen molar-refractivity contribution in [3.63, 3.8) is 0 Å². The summed E-state index contributed by atoms with van der Waals surface area (Å²) in [6, 6.07) is 16.8. The van der Waals surface area contributed by atoms with Gasteiger partial charge in [0.05, 0.1) is 10.5 Å². The molecule has 3 aliphatic heterocycles. The van der Waals surface area contributed by atoms with Crippen LogP contribution in [0.4, 0.5) is 0 Å². The number of carbonyl (C=O) groups is 1. The second-order valence-corrected chi connectivity index (χ2v) is 11.1. The standard InChI is InChI=1S/C26H21ClN2O6S/c27-18-5-7-19(8-6-18)36(31,32)29-13-10-26(11-14-29)25(30)23(24(35-26)20-3-1-2-12-28-20)17-4-9-21-22(15-17)34-16-33-21/h1-9,12,15H,10-11,13-14,16H2. The number of sulfonamides is 1. The van der Waals surface area contributed by atoms with E-state index in [0.717, 1.165) is 0 Å². The van der Waals surface area contributed by atoms with Crippen molar-refractivity contribution >= 4 is 38.7 Å². The summed E-state index contributed by atoms with van der Waals surface area (Å²) in [5, 5.41) is 0.459. The molecule has 0 unspecified atom stereocenters. The van der Waals surface area contributed by atoms with Gasteiger partial charge in [-0.1, -0.05) is 23.7 Å². The first-order valence-electron chi connectivity index (χ1n) is 11.4. The highest BCUT2D eigenvalue weighted by Gasteiger charge is 2.53. The molecule has 0 radical (unpaired) electrons. The van der Waals surface area contributed by atoms with Gasteiger partial charge in [-0.15, -0.1) is 0 Å². The minimum absolute atomic E-state index is 0.122. The summed E-state index contributed by atoms with van der Waals surface area (Å²) in [5.74, 6) is 1.36. The van der Waals surface area contributed by atoms with Crippen LogP contribution in [0.1, 0.15) is 24.1 Å². The number of aromatic nitrogens is 1. The number of piperidine rings is 1. The van der Waals surface area contributed by atoms with Crippen LogP contribution in [0.2, 0.25) is 5.02 Å². The van der Waals surface area contributed by atoms with Gasteiger partial charge in [0.15, 0.2) is 22.9 Å². The molecule has 4 heterocycles. The van der Waals surface area contributed by atoms with Crippen LogP contribution >= 0.6 is 11.6 Å². The van der Waals surface area contributed by atoms with Crippen molar-refractivity contribution < 1.29 is 27.4 Å². The number of halogens is 1. The fraction of sp³-hybridized carbons (Fsp3) is 0.231. The number of nitrogens with zero attached hydrogens (tertiary/aromatic N) is 2. The first-order chi connectivity index (χ1) is 17.4. The molecule has 0 atom stereocenters. The molecule has 1 fully saturated rings. The Morgan fingerprint density at radius 2 is 1.69 bits per heavy atom. The number of ether oxygens (including phenoxy) is 3. The largest absolute Gasteiger partial charge is 0.476 e. The minimum atomic E-state index is -3.73. The predicted octanol–water partition coefficient (Wildman–Crippen LogP) is 4.15. The fourth-order valence-electron chi connectivity index (χ4n) is 4.79. The van der Waals surface area contributed by atoms with Crippen molar-refractivity contribution in [3.8, 4) is 11.5 Å². The van der Waals surface area contributed by atoms with Crippen LogP contribution in [0.5, 0.6) is 11.5 Å². The van der Waals surface area contributed by atoms with Crippen LogP contribution in [0, 0.1) is 0 Å². The van der Waals surface area contributed by atoms with Crippen LogP contribution < -0.4 is 9.47 Å². The Morgan fingerprint density at radius 1 is 0.944 bits per heavy atom. The average molecular weight is 525 g/mol. The highest BCUT2D eigenvalue weighted by molar-refractivity contribution is 7.89. The summed E-state index contributed by atoms with van der Waals surface area (Å²) in [6.07, 6.45) is 2.06. The molecule has 8 nitrogen and oxygen atoms in total. The van der Waals surface area contributed by atoms with E-state index in [9.17, 15) is 13.2 Å². The molecule has 184 valence electrons. The summed E-state index contributed by atoms with van der Waals surface area (Å²) >= 11 is 5.92. The lowest BCUT2D eigenvalue weighted by Gasteiger charge is -2.37. The van der Waals surface area contributed by atoms with E-state index in [2.05, 4.69) is 4.98 Å². The number of benzene rings is 2. The van der Waals surface area contributed by atoms with Crippen LogP contribution in [0.3, 0.4) is 0 Å². The Bertz CT molecular complexity index is 1480. The average Bonchev–Trinajstić information content (AvgIpc) is 3.47. The zero-order valence-electron chi connectivity index (χ0n) is 19.0. The van der Waals surface area contributed by atoms with Gasteiger partial charge in [0.1, 0.15) is 5.69 Å². The highest BCUT2D eigenvalue weighted by Crippen LogP contribution is 2.47. The number of hydrogen-bond donors (Lipinski definition) is 0. The number of hydrogen-bond acceptors (Lipinski definition) is 7. The van der Waals surface area contributed by atoms with E-state index in [1.165, 1.54) is 16.4 Å². The van der Waals surface area contributed by atoms with Crippen molar-refractivity contribution in [1.29, 1.82) is 0 Å². The van der Waals surface area contributed by atoms with Crippen molar-refractivity contribution in [2.24, 2.45) is 0 Å². The SMILES string of the molecule is O=C1C(c2ccc3c(c2)OCO3)=C(c2ccccn2)OC12CCN(S(=O)(=O)c1ccc(Cl)cc1)CC2. The number of ketones is 1. The number of pyridine rings is 1. The maximum atomic E-state index is 14.0. The summed E-state index contributed by atoms with van der Waals surface area (Å²) < 4.78 is 45.1. The highest BCUT2D eigenvalue weighted by atomic mass is 35.5. The Hall–Kier alpha value is -3.40. The first kappa shape index (κ1) is 23.0. The zero-order chi connectivity index (χ0) is 24.9. The Balaban J connectivity index is 1.32. The monoisotopic (exact) mass is 524 g/mol. The number of fused-ring (bicyclic) bond motifs is 1. The van der Waals surface area contributed by atoms with Crippen LogP contribution in [-0.2, 0) is 19.6 Å². The third-order valence-electron chi connectivity index (χ3n) is 6.71. The maximum Gasteiger partial charge on any atom is 0.243 e. The van der Waals surface area contributed by atoms with Gasteiger partial charge in [0, 0.05) is 37.2 Å². The van der Waals surface area contributed by atoms with Gasteiger partial charge in [0.2, 0.25) is 22.6 Å². The van der Waals surface area contributed by atoms with E-state index < -0.39 is 15.6 Å². The summed E-state index contributed by atoms with van der Waals surface area (Å²) in [6.45, 7) is 0.401. The van der Waals surface area contributed by atoms with Crippen molar-refractivity contribution in [1.82, 2.24) is 9.29 Å². The van der Waals surface area contributed by atoms with Gasteiger partial charge in [-0.3, -0.25) is 9.78 Å². The van der Waals surface area contributed by atoms with E-state index in [-0.39, 0.29) is 43.4 Å². The van der Waals surface area contributed by atoms with Gasteiger partial charge in [-0.25, -0.2) is 8.42 Å². The normalized spacial score (nSPS) is 19.1. The lowest BCUT2D eigenvalue weighted by molar-refractivity contribution is -0.131. The van der Waals surface area contributed by atoms with Crippen molar-refractivity contribution in [2.45, 2.75) is 23.3 Å². The van der Waals surface area contributed by atoms with E-state index in [0.29, 0.717) is 39.1 Å². The van der Waals surface area contributed by atoms with Gasteiger partial charge < -0.3 is 14.2 Å². The van der Waals surface area contributed by atoms with Crippen LogP contribution in [-0.4, -0.2) is 49.0 Å². The molecule has 0 saturated carbocycles. The molecule has 0 amide bonds. The van der Waals surface area contributed by atoms with Gasteiger partial charge in [0.25, 0.3) is 0 Å². The summed E-state index contributed by atoms with van der Waals surface area (Å²) in [7, 11) is -3.73. The molecule has 36 heavy (non-hydrogen) atoms. The number of rotatable bonds is 4. The zero-order valence-corrected chi connectivity index (χ0v) is 20.6. The third-order valence-corrected chi connectivity index (χ3v) is 8.87. The van der Waals surface area contributed by atoms with E-state index in [4.69, 9.17) is 25.8 Å². The molecule has 0 bridgehead atoms. The second-order valence-electron chi connectivity index (χ2n) is 8.77. The van der Waals surface area contributed by atoms with Gasteiger partial charge in [-0.05, 0) is 54.1 Å². The first-order valence-corrected chi connectivity index (χ1v) is 13.2. The molecule has 0 N–H and O–H groups in total. The number of Topliss-reactive ketones (excluding diaryl/α,β-unsaturated/α-hetero) is 1. The van der Waals surface area contributed by atoms with Gasteiger partial charge >= 0.3 is 0 Å². The molecule has 10 heteroatoms. The van der Waals surface area contributed by atoms with Crippen LogP contribution in [0.25, 0.3) is 11.3 Å². The van der Waals surface area contributed by atoms with E-state index in [1.807, 2.05) is 6.07 Å². The lowest BCUT2D eigenvalue weighted by atomic mass is 9.84. The summed E-state index contributed by atoms with van der Waals surface area (Å²) in [5.41, 5.74) is 0.399. The maximum absolute atomic E-state index is 14.0. The Labute approximate surface area is 213 Å². The Morgan fingerprint density at radius 3 is 2.42 bits per heavy atom. The molecular weight excluding hydrogens is 504 g/mol. The molecule has 0 aliphatic carbocycles.